The van der Waals surface area contributed by atoms with Gasteiger partial charge in [-0.25, -0.2) is 0 Å². The summed E-state index contributed by atoms with van der Waals surface area (Å²) in [4.78, 5) is 40.8. The van der Waals surface area contributed by atoms with Gasteiger partial charge >= 0.3 is 17.7 Å². The Kier molecular flexibility index (Phi) is 5.66. The number of carbonyl (C=O) groups is 3. The van der Waals surface area contributed by atoms with Crippen molar-refractivity contribution in [3.63, 3.8) is 0 Å². The van der Waals surface area contributed by atoms with Gasteiger partial charge in [-0.3, -0.25) is 14.4 Å². The summed E-state index contributed by atoms with van der Waals surface area (Å²) in [5, 5.41) is 0. The lowest BCUT2D eigenvalue weighted by molar-refractivity contribution is -0.263. The Labute approximate surface area is 207 Å². The molecule has 3 atom stereocenters. The van der Waals surface area contributed by atoms with Crippen molar-refractivity contribution in [3.8, 4) is 5.75 Å². The molecule has 35 heavy (non-hydrogen) atoms. The maximum Gasteiger partial charge on any atom is 0.334 e. The van der Waals surface area contributed by atoms with Crippen molar-refractivity contribution in [1.29, 1.82) is 0 Å². The lowest BCUT2D eigenvalue weighted by Gasteiger charge is -2.39. The normalized spacial score (nSPS) is 23.6. The minimum atomic E-state index is -1.99. The molecule has 6 heteroatoms. The molecule has 0 amide bonds. The molecule has 0 spiro atoms. The fourth-order valence-electron chi connectivity index (χ4n) is 4.43. The number of hydrogen-bond acceptors (Lipinski definition) is 6. The average molecular weight is 479 g/mol. The molecule has 1 aliphatic carbocycles. The van der Waals surface area contributed by atoms with Crippen molar-refractivity contribution in [2.75, 3.05) is 0 Å². The maximum atomic E-state index is 14.2. The molecule has 0 N–H and O–H groups in total. The van der Waals surface area contributed by atoms with Gasteiger partial charge in [0.25, 0.3) is 5.60 Å². The first kappa shape index (κ1) is 25.0. The number of hydrogen-bond donors (Lipinski definition) is 0. The van der Waals surface area contributed by atoms with Crippen LogP contribution in [0.3, 0.4) is 0 Å². The molecule has 0 aromatic heterocycles. The average Bonchev–Trinajstić information content (AvgIpc) is 3.16. The van der Waals surface area contributed by atoms with E-state index < -0.39 is 39.9 Å². The van der Waals surface area contributed by atoms with Gasteiger partial charge in [-0.1, -0.05) is 50.2 Å². The first-order valence-corrected chi connectivity index (χ1v) is 12.1. The fraction of sp³-hybridized carbons (Fsp3) is 0.483. The third-order valence-corrected chi connectivity index (χ3v) is 6.84. The smallest absolute Gasteiger partial charge is 0.334 e. The monoisotopic (exact) mass is 478 g/mol. The van der Waals surface area contributed by atoms with E-state index >= 15 is 0 Å². The molecule has 0 bridgehead atoms. The zero-order valence-electron chi connectivity index (χ0n) is 21.8. The molecule has 186 valence electrons. The van der Waals surface area contributed by atoms with Crippen molar-refractivity contribution in [2.24, 2.45) is 10.8 Å². The van der Waals surface area contributed by atoms with E-state index in [2.05, 4.69) is 13.8 Å². The molecule has 1 heterocycles. The molecule has 0 fully saturated rings. The quantitative estimate of drug-likeness (QED) is 0.500. The van der Waals surface area contributed by atoms with Crippen molar-refractivity contribution in [3.05, 3.63) is 64.7 Å². The van der Waals surface area contributed by atoms with Gasteiger partial charge in [0, 0.05) is 5.56 Å². The Balaban J connectivity index is 2.03. The molecule has 1 aliphatic heterocycles. The zero-order valence-corrected chi connectivity index (χ0v) is 21.8. The van der Waals surface area contributed by atoms with Crippen molar-refractivity contribution < 1.29 is 28.6 Å². The topological polar surface area (TPSA) is 78.9 Å². The zero-order chi connectivity index (χ0) is 26.0. The van der Waals surface area contributed by atoms with Crippen LogP contribution in [0.1, 0.15) is 94.8 Å². The highest BCUT2D eigenvalue weighted by atomic mass is 16.8. The van der Waals surface area contributed by atoms with E-state index in [1.165, 1.54) is 0 Å². The summed E-state index contributed by atoms with van der Waals surface area (Å²) >= 11 is 0. The molecule has 0 saturated carbocycles. The van der Waals surface area contributed by atoms with Crippen molar-refractivity contribution in [2.45, 2.75) is 79.1 Å². The number of Topliss-reactive ketones (excluding diaryl/α,β-unsaturated/α-hetero) is 1. The number of carbonyl (C=O) groups excluding carboxylic acids is 3. The first-order chi connectivity index (χ1) is 16.2. The highest BCUT2D eigenvalue weighted by Gasteiger charge is 2.77. The van der Waals surface area contributed by atoms with Crippen LogP contribution in [-0.4, -0.2) is 17.7 Å². The summed E-state index contributed by atoms with van der Waals surface area (Å²) in [7, 11) is 0. The van der Waals surface area contributed by atoms with Gasteiger partial charge < -0.3 is 14.2 Å². The summed E-state index contributed by atoms with van der Waals surface area (Å²) < 4.78 is 18.8. The number of rotatable bonds is 4. The van der Waals surface area contributed by atoms with E-state index in [0.29, 0.717) is 22.4 Å². The molecule has 2 aliphatic rings. The van der Waals surface area contributed by atoms with E-state index in [1.54, 1.807) is 71.9 Å². The van der Waals surface area contributed by atoms with Crippen LogP contribution in [-0.2, 0) is 30.5 Å². The van der Waals surface area contributed by atoms with Crippen LogP contribution < -0.4 is 4.74 Å². The van der Waals surface area contributed by atoms with Gasteiger partial charge in [-0.15, -0.1) is 0 Å². The summed E-state index contributed by atoms with van der Waals surface area (Å²) in [6.45, 7) is 14.5. The molecule has 2 aromatic rings. The van der Waals surface area contributed by atoms with Gasteiger partial charge in [0.05, 0.1) is 22.0 Å². The summed E-state index contributed by atoms with van der Waals surface area (Å²) in [6, 6.07) is 12.4. The van der Waals surface area contributed by atoms with Crippen LogP contribution in [0.4, 0.5) is 0 Å². The number of benzene rings is 2. The minimum Gasteiger partial charge on any atom is -0.444 e. The second kappa shape index (κ2) is 7.94. The SMILES string of the molecule is CCC(C)c1ccc2c(c1)OC1(OC(=O)C(C)(C)C)c3ccccc3C(=O)C21OC(=O)C(C)(C)C. The number of ether oxygens (including phenoxy) is 3. The Hall–Kier alpha value is -3.15. The summed E-state index contributed by atoms with van der Waals surface area (Å²) in [6.07, 6.45) is 0.912. The van der Waals surface area contributed by atoms with Gasteiger partial charge in [0.2, 0.25) is 5.78 Å². The largest absolute Gasteiger partial charge is 0.444 e. The molecule has 0 saturated heterocycles. The predicted octanol–water partition coefficient (Wildman–Crippen LogP) is 6.02. The summed E-state index contributed by atoms with van der Waals surface area (Å²) in [5.41, 5.74) is -1.74. The Morgan fingerprint density at radius 1 is 0.914 bits per heavy atom. The number of fused-ring (bicyclic) bond motifs is 5. The van der Waals surface area contributed by atoms with E-state index in [0.717, 1.165) is 12.0 Å². The highest BCUT2D eigenvalue weighted by Crippen LogP contribution is 2.63. The summed E-state index contributed by atoms with van der Waals surface area (Å²) in [5.74, 6) is -3.00. The first-order valence-electron chi connectivity index (χ1n) is 12.1. The molecule has 6 nitrogen and oxygen atoms in total. The van der Waals surface area contributed by atoms with Gasteiger partial charge in [0.15, 0.2) is 0 Å². The van der Waals surface area contributed by atoms with E-state index in [1.807, 2.05) is 12.1 Å². The molecular formula is C29H34O6. The van der Waals surface area contributed by atoms with Gasteiger partial charge in [-0.2, -0.15) is 0 Å². The second-order valence-corrected chi connectivity index (χ2v) is 11.6. The molecule has 4 rings (SSSR count). The Morgan fingerprint density at radius 2 is 1.51 bits per heavy atom. The molecule has 3 unspecified atom stereocenters. The maximum absolute atomic E-state index is 14.2. The minimum absolute atomic E-state index is 0.244. The fourth-order valence-corrected chi connectivity index (χ4v) is 4.43. The molecule has 0 radical (unpaired) electrons. The van der Waals surface area contributed by atoms with Crippen LogP contribution in [0, 0.1) is 10.8 Å². The Bertz CT molecular complexity index is 1210. The number of ketones is 1. The third-order valence-electron chi connectivity index (χ3n) is 6.84. The van der Waals surface area contributed by atoms with Gasteiger partial charge in [-0.05, 0) is 65.5 Å². The number of esters is 2. The van der Waals surface area contributed by atoms with E-state index in [-0.39, 0.29) is 5.92 Å². The lowest BCUT2D eigenvalue weighted by Crippen LogP contribution is -2.56. The van der Waals surface area contributed by atoms with Crippen LogP contribution in [0.5, 0.6) is 5.75 Å². The van der Waals surface area contributed by atoms with E-state index in [9.17, 15) is 14.4 Å². The van der Waals surface area contributed by atoms with E-state index in [4.69, 9.17) is 14.2 Å². The second-order valence-electron chi connectivity index (χ2n) is 11.6. The molecular weight excluding hydrogens is 444 g/mol. The Morgan fingerprint density at radius 3 is 2.11 bits per heavy atom. The highest BCUT2D eigenvalue weighted by molar-refractivity contribution is 6.11. The van der Waals surface area contributed by atoms with Crippen LogP contribution >= 0.6 is 0 Å². The van der Waals surface area contributed by atoms with Crippen LogP contribution in [0.25, 0.3) is 0 Å². The third kappa shape index (κ3) is 3.57. The van der Waals surface area contributed by atoms with Gasteiger partial charge in [0.1, 0.15) is 5.75 Å². The van der Waals surface area contributed by atoms with Crippen LogP contribution in [0.2, 0.25) is 0 Å². The predicted molar refractivity (Wildman–Crippen MR) is 131 cm³/mol. The van der Waals surface area contributed by atoms with Crippen molar-refractivity contribution in [1.82, 2.24) is 0 Å². The molecule has 2 aromatic carbocycles. The van der Waals surface area contributed by atoms with Crippen molar-refractivity contribution >= 4 is 17.7 Å². The van der Waals surface area contributed by atoms with Crippen LogP contribution in [0.15, 0.2) is 42.5 Å². The standard InChI is InChI=1S/C29H34O6/c1-9-17(2)18-14-15-21-22(16-18)33-29(35-25(32)27(6,7)8)20-13-11-10-12-19(20)23(30)28(21,29)34-24(31)26(3,4)5/h10-17H,9H2,1-8H3. The lowest BCUT2D eigenvalue weighted by atomic mass is 9.84.